The minimum atomic E-state index is -4.23. The summed E-state index contributed by atoms with van der Waals surface area (Å²) in [5.41, 5.74) is -0.0380. The number of ether oxygens (including phenoxy) is 2. The van der Waals surface area contributed by atoms with Crippen LogP contribution in [0.4, 0.5) is 10.1 Å². The first-order chi connectivity index (χ1) is 20.0. The third-order valence-electron chi connectivity index (χ3n) is 6.02. The lowest BCUT2D eigenvalue weighted by atomic mass is 10.1. The topological polar surface area (TPSA) is 138 Å². The van der Waals surface area contributed by atoms with Crippen LogP contribution in [0.1, 0.15) is 11.1 Å². The predicted octanol–water partition coefficient (Wildman–Crippen LogP) is 4.77. The van der Waals surface area contributed by atoms with E-state index < -0.39 is 39.8 Å². The molecule has 0 radical (unpaired) electrons. The summed E-state index contributed by atoms with van der Waals surface area (Å²) >= 11 is 18.4. The Morgan fingerprint density at radius 3 is 2.45 bits per heavy atom. The predicted molar refractivity (Wildman–Crippen MR) is 154 cm³/mol. The number of anilines is 1. The van der Waals surface area contributed by atoms with Crippen molar-refractivity contribution >= 4 is 62.3 Å². The van der Waals surface area contributed by atoms with Crippen LogP contribution in [0.3, 0.4) is 0 Å². The van der Waals surface area contributed by atoms with Crippen LogP contribution in [0.2, 0.25) is 15.1 Å². The standard InChI is InChI=1S/C27H22Cl3FN4O6S/c28-19-2-1-3-23(18(19)14-32)41-27-20(29)6-4-16(26(27)31)12-24(36)33-22-7-5-17(13-21(22)30)42(38,39)34-25(37)15-35-8-10-40-11-9-35/h1-7,13H,8-12,15H2,(H,33,36)(H,34,37). The van der Waals surface area contributed by atoms with Crippen molar-refractivity contribution in [3.8, 4) is 17.6 Å². The number of hydrogen-bond acceptors (Lipinski definition) is 8. The monoisotopic (exact) mass is 654 g/mol. The van der Waals surface area contributed by atoms with E-state index in [1.54, 1.807) is 4.90 Å². The highest BCUT2D eigenvalue weighted by Gasteiger charge is 2.23. The lowest BCUT2D eigenvalue weighted by Crippen LogP contribution is -2.44. The first-order valence-corrected chi connectivity index (χ1v) is 14.9. The average Bonchev–Trinajstić information content (AvgIpc) is 2.94. The minimum absolute atomic E-state index is 0.0189. The molecule has 1 aliphatic rings. The molecule has 0 aromatic heterocycles. The number of morpholine rings is 1. The van der Waals surface area contributed by atoms with E-state index in [9.17, 15) is 23.3 Å². The van der Waals surface area contributed by atoms with Gasteiger partial charge in [-0.15, -0.1) is 0 Å². The molecule has 0 unspecified atom stereocenters. The molecule has 42 heavy (non-hydrogen) atoms. The second-order valence-electron chi connectivity index (χ2n) is 8.96. The fourth-order valence-electron chi connectivity index (χ4n) is 3.95. The zero-order chi connectivity index (χ0) is 30.4. The van der Waals surface area contributed by atoms with Gasteiger partial charge in [0.05, 0.1) is 51.8 Å². The van der Waals surface area contributed by atoms with Crippen molar-refractivity contribution < 1.29 is 31.9 Å². The maximum absolute atomic E-state index is 15.3. The first-order valence-electron chi connectivity index (χ1n) is 12.3. The SMILES string of the molecule is N#Cc1c(Cl)cccc1Oc1c(Cl)ccc(CC(=O)Nc2ccc(S(=O)(=O)NC(=O)CN3CCOCC3)cc2Cl)c1F. The van der Waals surface area contributed by atoms with E-state index in [1.807, 2.05) is 10.8 Å². The molecule has 4 rings (SSSR count). The third-order valence-corrected chi connectivity index (χ3v) is 8.32. The molecular weight excluding hydrogens is 634 g/mol. The summed E-state index contributed by atoms with van der Waals surface area (Å²) in [6.07, 6.45) is -0.464. The highest BCUT2D eigenvalue weighted by atomic mass is 35.5. The van der Waals surface area contributed by atoms with E-state index >= 15 is 4.39 Å². The number of carbonyl (C=O) groups excluding carboxylic acids is 2. The lowest BCUT2D eigenvalue weighted by Gasteiger charge is -2.25. The van der Waals surface area contributed by atoms with Crippen molar-refractivity contribution in [2.24, 2.45) is 0 Å². The highest BCUT2D eigenvalue weighted by molar-refractivity contribution is 7.90. The van der Waals surface area contributed by atoms with E-state index in [-0.39, 0.29) is 49.1 Å². The van der Waals surface area contributed by atoms with Gasteiger partial charge in [0.25, 0.3) is 10.0 Å². The Balaban J connectivity index is 1.43. The Bertz CT molecular complexity index is 1680. The van der Waals surface area contributed by atoms with Crippen molar-refractivity contribution in [2.75, 3.05) is 38.2 Å². The second kappa shape index (κ2) is 13.7. The molecule has 3 aromatic rings. The van der Waals surface area contributed by atoms with E-state index in [0.29, 0.717) is 26.3 Å². The van der Waals surface area contributed by atoms with Crippen LogP contribution < -0.4 is 14.8 Å². The molecule has 2 N–H and O–H groups in total. The van der Waals surface area contributed by atoms with Gasteiger partial charge in [-0.2, -0.15) is 5.26 Å². The number of benzene rings is 3. The molecule has 0 atom stereocenters. The quantitative estimate of drug-likeness (QED) is 0.337. The second-order valence-corrected chi connectivity index (χ2v) is 11.9. The molecule has 0 aliphatic carbocycles. The van der Waals surface area contributed by atoms with Crippen LogP contribution in [0.25, 0.3) is 0 Å². The van der Waals surface area contributed by atoms with Crippen LogP contribution in [0.5, 0.6) is 11.5 Å². The summed E-state index contributed by atoms with van der Waals surface area (Å²) < 4.78 is 53.5. The van der Waals surface area contributed by atoms with E-state index in [4.69, 9.17) is 44.3 Å². The van der Waals surface area contributed by atoms with Crippen molar-refractivity contribution in [1.29, 1.82) is 5.26 Å². The molecule has 2 amide bonds. The van der Waals surface area contributed by atoms with Crippen molar-refractivity contribution in [3.05, 3.63) is 80.5 Å². The summed E-state index contributed by atoms with van der Waals surface area (Å²) in [5, 5.41) is 11.7. The molecule has 3 aromatic carbocycles. The van der Waals surface area contributed by atoms with Gasteiger partial charge in [0.1, 0.15) is 17.4 Å². The van der Waals surface area contributed by atoms with Gasteiger partial charge in [-0.3, -0.25) is 14.5 Å². The third kappa shape index (κ3) is 7.69. The normalized spacial score (nSPS) is 13.7. The van der Waals surface area contributed by atoms with Gasteiger partial charge in [-0.1, -0.05) is 46.9 Å². The van der Waals surface area contributed by atoms with Gasteiger partial charge in [-0.05, 0) is 36.4 Å². The zero-order valence-corrected chi connectivity index (χ0v) is 24.7. The molecular formula is C27H22Cl3FN4O6S. The van der Waals surface area contributed by atoms with Gasteiger partial charge in [0, 0.05) is 18.7 Å². The number of halogens is 4. The van der Waals surface area contributed by atoms with Gasteiger partial charge in [0.15, 0.2) is 11.6 Å². The molecule has 0 spiro atoms. The number of sulfonamides is 1. The van der Waals surface area contributed by atoms with Crippen molar-refractivity contribution in [1.82, 2.24) is 9.62 Å². The Kier molecular flexibility index (Phi) is 10.3. The van der Waals surface area contributed by atoms with Gasteiger partial charge >= 0.3 is 0 Å². The number of nitriles is 1. The fraction of sp³-hybridized carbons (Fsp3) is 0.222. The molecule has 0 bridgehead atoms. The van der Waals surface area contributed by atoms with Crippen molar-refractivity contribution in [2.45, 2.75) is 11.3 Å². The van der Waals surface area contributed by atoms with Crippen LogP contribution in [-0.4, -0.2) is 58.0 Å². The van der Waals surface area contributed by atoms with Gasteiger partial charge < -0.3 is 14.8 Å². The average molecular weight is 656 g/mol. The van der Waals surface area contributed by atoms with E-state index in [2.05, 4.69) is 5.32 Å². The van der Waals surface area contributed by atoms with Crippen LogP contribution in [0, 0.1) is 17.1 Å². The fourth-order valence-corrected chi connectivity index (χ4v) is 5.63. The zero-order valence-electron chi connectivity index (χ0n) is 21.6. The van der Waals surface area contributed by atoms with Crippen molar-refractivity contribution in [3.63, 3.8) is 0 Å². The maximum Gasteiger partial charge on any atom is 0.264 e. The number of amides is 2. The largest absolute Gasteiger partial charge is 0.451 e. The maximum atomic E-state index is 15.3. The first kappa shape index (κ1) is 31.5. The van der Waals surface area contributed by atoms with Crippen LogP contribution in [0.15, 0.2) is 53.4 Å². The molecule has 1 fully saturated rings. The summed E-state index contributed by atoms with van der Waals surface area (Å²) in [5.74, 6) is -2.74. The number of hydrogen-bond donors (Lipinski definition) is 2. The van der Waals surface area contributed by atoms with Gasteiger partial charge in [-0.25, -0.2) is 17.5 Å². The highest BCUT2D eigenvalue weighted by Crippen LogP contribution is 2.37. The van der Waals surface area contributed by atoms with E-state index in [1.165, 1.54) is 42.5 Å². The Morgan fingerprint density at radius 2 is 1.76 bits per heavy atom. The van der Waals surface area contributed by atoms with E-state index in [0.717, 1.165) is 6.07 Å². The molecule has 15 heteroatoms. The lowest BCUT2D eigenvalue weighted by molar-refractivity contribution is -0.121. The molecule has 10 nitrogen and oxygen atoms in total. The Hall–Kier alpha value is -3.44. The molecule has 220 valence electrons. The molecule has 1 aliphatic heterocycles. The minimum Gasteiger partial charge on any atom is -0.451 e. The number of carbonyl (C=O) groups is 2. The summed E-state index contributed by atoms with van der Waals surface area (Å²) in [6, 6.07) is 12.4. The molecule has 0 saturated carbocycles. The summed E-state index contributed by atoms with van der Waals surface area (Å²) in [7, 11) is -4.23. The molecule has 1 heterocycles. The summed E-state index contributed by atoms with van der Waals surface area (Å²) in [4.78, 5) is 26.5. The van der Waals surface area contributed by atoms with Crippen LogP contribution >= 0.6 is 34.8 Å². The molecule has 1 saturated heterocycles. The Labute approximate surface area is 255 Å². The van der Waals surface area contributed by atoms with Crippen LogP contribution in [-0.2, 0) is 30.8 Å². The smallest absolute Gasteiger partial charge is 0.264 e. The number of nitrogens with zero attached hydrogens (tertiary/aromatic N) is 2. The Morgan fingerprint density at radius 1 is 1.02 bits per heavy atom. The number of nitrogens with one attached hydrogen (secondary N) is 2. The van der Waals surface area contributed by atoms with Gasteiger partial charge in [0.2, 0.25) is 11.8 Å². The number of rotatable bonds is 9. The summed E-state index contributed by atoms with van der Waals surface area (Å²) in [6.45, 7) is 1.80.